The summed E-state index contributed by atoms with van der Waals surface area (Å²) in [6.07, 6.45) is 1.21. The summed E-state index contributed by atoms with van der Waals surface area (Å²) in [7, 11) is 2.07. The van der Waals surface area contributed by atoms with Gasteiger partial charge >= 0.3 is 0 Å². The Bertz CT molecular complexity index is 370. The van der Waals surface area contributed by atoms with Crippen LogP contribution in [0.1, 0.15) is 52.6 Å². The van der Waals surface area contributed by atoms with Crippen LogP contribution < -0.4 is 5.32 Å². The SMILES string of the molecule is CCCN(CC(C)(C)C(NC)c1ccccc1)C(C)C. The Kier molecular flexibility index (Phi) is 6.70. The number of rotatable bonds is 8. The Morgan fingerprint density at radius 1 is 1.15 bits per heavy atom. The molecule has 1 aromatic rings. The van der Waals surface area contributed by atoms with Gasteiger partial charge < -0.3 is 10.2 Å². The molecule has 1 aromatic carbocycles. The fraction of sp³-hybridized carbons (Fsp3) is 0.667. The normalized spacial score (nSPS) is 14.0. The van der Waals surface area contributed by atoms with Gasteiger partial charge in [0.2, 0.25) is 0 Å². The van der Waals surface area contributed by atoms with Crippen LogP contribution in [0.2, 0.25) is 0 Å². The summed E-state index contributed by atoms with van der Waals surface area (Å²) in [5, 5.41) is 3.52. The van der Waals surface area contributed by atoms with Crippen molar-refractivity contribution in [3.8, 4) is 0 Å². The zero-order chi connectivity index (χ0) is 15.2. The van der Waals surface area contributed by atoms with Gasteiger partial charge in [-0.25, -0.2) is 0 Å². The van der Waals surface area contributed by atoms with E-state index >= 15 is 0 Å². The fourth-order valence-corrected chi connectivity index (χ4v) is 3.08. The summed E-state index contributed by atoms with van der Waals surface area (Å²) < 4.78 is 0. The van der Waals surface area contributed by atoms with Gasteiger partial charge in [0.05, 0.1) is 0 Å². The molecule has 1 unspecified atom stereocenters. The van der Waals surface area contributed by atoms with Crippen LogP contribution in [-0.2, 0) is 0 Å². The maximum atomic E-state index is 3.52. The third kappa shape index (κ3) is 4.60. The molecule has 0 heterocycles. The summed E-state index contributed by atoms with van der Waals surface area (Å²) in [5.74, 6) is 0. The van der Waals surface area contributed by atoms with E-state index < -0.39 is 0 Å². The average Bonchev–Trinajstić information content (AvgIpc) is 2.39. The molecular weight excluding hydrogens is 244 g/mol. The van der Waals surface area contributed by atoms with Crippen LogP contribution in [0.5, 0.6) is 0 Å². The van der Waals surface area contributed by atoms with E-state index in [9.17, 15) is 0 Å². The Morgan fingerprint density at radius 2 is 1.75 bits per heavy atom. The molecule has 0 aliphatic rings. The van der Waals surface area contributed by atoms with E-state index in [0.29, 0.717) is 12.1 Å². The number of nitrogens with one attached hydrogen (secondary N) is 1. The van der Waals surface area contributed by atoms with Gasteiger partial charge in [-0.1, -0.05) is 51.1 Å². The Morgan fingerprint density at radius 3 is 2.20 bits per heavy atom. The van der Waals surface area contributed by atoms with Crippen LogP contribution in [0.25, 0.3) is 0 Å². The molecule has 0 saturated carbocycles. The second kappa shape index (κ2) is 7.80. The largest absolute Gasteiger partial charge is 0.313 e. The summed E-state index contributed by atoms with van der Waals surface area (Å²) in [4.78, 5) is 2.59. The van der Waals surface area contributed by atoms with E-state index in [1.54, 1.807) is 0 Å². The molecule has 20 heavy (non-hydrogen) atoms. The van der Waals surface area contributed by atoms with Gasteiger partial charge in [0.15, 0.2) is 0 Å². The van der Waals surface area contributed by atoms with Crippen LogP contribution in [0, 0.1) is 5.41 Å². The first-order valence-electron chi connectivity index (χ1n) is 7.88. The van der Waals surface area contributed by atoms with E-state index in [-0.39, 0.29) is 5.41 Å². The van der Waals surface area contributed by atoms with Gasteiger partial charge in [0.1, 0.15) is 0 Å². The minimum atomic E-state index is 0.190. The van der Waals surface area contributed by atoms with Gasteiger partial charge in [-0.15, -0.1) is 0 Å². The third-order valence-corrected chi connectivity index (χ3v) is 4.05. The molecule has 0 radical (unpaired) electrons. The van der Waals surface area contributed by atoms with E-state index in [1.165, 1.54) is 18.5 Å². The maximum absolute atomic E-state index is 3.52. The number of hydrogen-bond acceptors (Lipinski definition) is 2. The topological polar surface area (TPSA) is 15.3 Å². The fourth-order valence-electron chi connectivity index (χ4n) is 3.08. The van der Waals surface area contributed by atoms with Crippen molar-refractivity contribution in [3.63, 3.8) is 0 Å². The highest BCUT2D eigenvalue weighted by molar-refractivity contribution is 5.21. The van der Waals surface area contributed by atoms with Crippen molar-refractivity contribution < 1.29 is 0 Å². The lowest BCUT2D eigenvalue weighted by molar-refractivity contribution is 0.114. The highest BCUT2D eigenvalue weighted by atomic mass is 15.2. The molecule has 1 atom stereocenters. The van der Waals surface area contributed by atoms with E-state index in [4.69, 9.17) is 0 Å². The summed E-state index contributed by atoms with van der Waals surface area (Å²) in [6.45, 7) is 13.9. The monoisotopic (exact) mass is 276 g/mol. The molecule has 1 rings (SSSR count). The summed E-state index contributed by atoms with van der Waals surface area (Å²) >= 11 is 0. The molecule has 0 aliphatic carbocycles. The molecule has 0 amide bonds. The molecule has 2 heteroatoms. The Labute approximate surface area is 125 Å². The highest BCUT2D eigenvalue weighted by Crippen LogP contribution is 2.34. The smallest absolute Gasteiger partial charge is 0.0381 e. The van der Waals surface area contributed by atoms with Crippen molar-refractivity contribution in [2.45, 2.75) is 53.1 Å². The first-order valence-corrected chi connectivity index (χ1v) is 7.88. The standard InChI is InChI=1S/C18H32N2/c1-7-13-20(15(2)3)14-18(4,5)17(19-6)16-11-9-8-10-12-16/h8-12,15,17,19H,7,13-14H2,1-6H3. The molecule has 0 spiro atoms. The van der Waals surface area contributed by atoms with E-state index in [0.717, 1.165) is 6.54 Å². The predicted octanol–water partition coefficient (Wildman–Crippen LogP) is 4.09. The number of hydrogen-bond donors (Lipinski definition) is 1. The number of nitrogens with zero attached hydrogens (tertiary/aromatic N) is 1. The molecule has 0 bridgehead atoms. The lowest BCUT2D eigenvalue weighted by Crippen LogP contribution is -2.44. The predicted molar refractivity (Wildman–Crippen MR) is 89.0 cm³/mol. The summed E-state index contributed by atoms with van der Waals surface area (Å²) in [5.41, 5.74) is 1.57. The van der Waals surface area contributed by atoms with Crippen LogP contribution in [-0.4, -0.2) is 31.1 Å². The van der Waals surface area contributed by atoms with Crippen molar-refractivity contribution in [1.82, 2.24) is 10.2 Å². The van der Waals surface area contributed by atoms with Gasteiger partial charge in [0, 0.05) is 18.6 Å². The molecule has 0 aliphatic heterocycles. The van der Waals surface area contributed by atoms with Crippen LogP contribution in [0.4, 0.5) is 0 Å². The van der Waals surface area contributed by atoms with Crippen LogP contribution in [0.3, 0.4) is 0 Å². The van der Waals surface area contributed by atoms with Crippen molar-refractivity contribution in [2.24, 2.45) is 5.41 Å². The highest BCUT2D eigenvalue weighted by Gasteiger charge is 2.32. The first kappa shape index (κ1) is 17.2. The van der Waals surface area contributed by atoms with Gasteiger partial charge in [-0.3, -0.25) is 0 Å². The van der Waals surface area contributed by atoms with Gasteiger partial charge in [-0.05, 0) is 44.8 Å². The summed E-state index contributed by atoms with van der Waals surface area (Å²) in [6, 6.07) is 11.8. The van der Waals surface area contributed by atoms with Crippen molar-refractivity contribution in [1.29, 1.82) is 0 Å². The van der Waals surface area contributed by atoms with Gasteiger partial charge in [-0.2, -0.15) is 0 Å². The molecule has 0 saturated heterocycles. The second-order valence-corrected chi connectivity index (χ2v) is 6.69. The molecule has 114 valence electrons. The van der Waals surface area contributed by atoms with Gasteiger partial charge in [0.25, 0.3) is 0 Å². The average molecular weight is 276 g/mol. The zero-order valence-electron chi connectivity index (χ0n) is 14.1. The zero-order valence-corrected chi connectivity index (χ0v) is 14.1. The van der Waals surface area contributed by atoms with Crippen LogP contribution in [0.15, 0.2) is 30.3 Å². The molecule has 1 N–H and O–H groups in total. The first-order chi connectivity index (χ1) is 9.42. The Hall–Kier alpha value is -0.860. The van der Waals surface area contributed by atoms with Crippen molar-refractivity contribution >= 4 is 0 Å². The van der Waals surface area contributed by atoms with Crippen molar-refractivity contribution in [3.05, 3.63) is 35.9 Å². The molecular formula is C18H32N2. The van der Waals surface area contributed by atoms with E-state index in [1.807, 2.05) is 0 Å². The van der Waals surface area contributed by atoms with Crippen LogP contribution >= 0.6 is 0 Å². The maximum Gasteiger partial charge on any atom is 0.0381 e. The minimum Gasteiger partial charge on any atom is -0.313 e. The van der Waals surface area contributed by atoms with Crippen molar-refractivity contribution in [2.75, 3.05) is 20.1 Å². The quantitative estimate of drug-likeness (QED) is 0.769. The lowest BCUT2D eigenvalue weighted by Gasteiger charge is -2.40. The third-order valence-electron chi connectivity index (χ3n) is 4.05. The number of benzene rings is 1. The van der Waals surface area contributed by atoms with E-state index in [2.05, 4.69) is 82.2 Å². The lowest BCUT2D eigenvalue weighted by atomic mass is 9.79. The second-order valence-electron chi connectivity index (χ2n) is 6.69. The minimum absolute atomic E-state index is 0.190. The molecule has 2 nitrogen and oxygen atoms in total. The Balaban J connectivity index is 2.88. The molecule has 0 aromatic heterocycles. The molecule has 0 fully saturated rings.